The highest BCUT2D eigenvalue weighted by molar-refractivity contribution is 6.13. The zero-order valence-electron chi connectivity index (χ0n) is 14.4. The molecular weight excluding hydrogens is 319 g/mol. The number of halogens is 1. The van der Waals surface area contributed by atoms with Crippen LogP contribution in [0.2, 0.25) is 0 Å². The summed E-state index contributed by atoms with van der Waals surface area (Å²) in [6.45, 7) is 3.78. The van der Waals surface area contributed by atoms with E-state index in [4.69, 9.17) is 4.74 Å². The fourth-order valence-corrected chi connectivity index (χ4v) is 2.87. The van der Waals surface area contributed by atoms with Crippen molar-refractivity contribution < 1.29 is 13.9 Å². The molecule has 128 valence electrons. The van der Waals surface area contributed by atoms with Gasteiger partial charge in [0, 0.05) is 34.9 Å². The molecule has 0 saturated carbocycles. The molecule has 25 heavy (non-hydrogen) atoms. The summed E-state index contributed by atoms with van der Waals surface area (Å²) in [5.74, 6) is -0.550. The number of amides is 1. The summed E-state index contributed by atoms with van der Waals surface area (Å²) < 4.78 is 19.1. The zero-order chi connectivity index (χ0) is 18.0. The Labute approximate surface area is 145 Å². The number of methoxy groups -OCH3 is 1. The molecule has 0 spiro atoms. The average Bonchev–Trinajstić information content (AvgIpc) is 2.61. The van der Waals surface area contributed by atoms with Gasteiger partial charge >= 0.3 is 0 Å². The number of rotatable bonds is 4. The Balaban J connectivity index is 2.09. The van der Waals surface area contributed by atoms with Crippen molar-refractivity contribution in [3.63, 3.8) is 0 Å². The molecule has 1 heterocycles. The molecule has 0 unspecified atom stereocenters. The molecule has 0 aliphatic rings. The molecule has 2 aromatic carbocycles. The maximum atomic E-state index is 14.1. The van der Waals surface area contributed by atoms with Crippen LogP contribution in [0.25, 0.3) is 10.9 Å². The third-order valence-corrected chi connectivity index (χ3v) is 4.02. The van der Waals surface area contributed by atoms with E-state index in [1.165, 1.54) is 19.2 Å². The van der Waals surface area contributed by atoms with Gasteiger partial charge in [0.25, 0.3) is 5.91 Å². The van der Waals surface area contributed by atoms with Gasteiger partial charge in [-0.2, -0.15) is 0 Å². The predicted octanol–water partition coefficient (Wildman–Crippen LogP) is 4.44. The Morgan fingerprint density at radius 2 is 1.96 bits per heavy atom. The van der Waals surface area contributed by atoms with Crippen LogP contribution < -0.4 is 9.64 Å². The highest BCUT2D eigenvalue weighted by Crippen LogP contribution is 2.28. The standard InChI is InChI=1S/C20H19FN2O2/c1-13(2)23(14-9-10-19(25-3)17(21)12-14)20(24)16-6-4-8-18-15(16)7-5-11-22-18/h4-13H,1-3H3. The van der Waals surface area contributed by atoms with Crippen molar-refractivity contribution in [1.29, 1.82) is 0 Å². The Hall–Kier alpha value is -2.95. The second kappa shape index (κ2) is 6.89. The molecule has 1 amide bonds. The summed E-state index contributed by atoms with van der Waals surface area (Å²) in [5, 5.41) is 0.773. The molecular formula is C20H19FN2O2. The van der Waals surface area contributed by atoms with Crippen molar-refractivity contribution in [3.05, 3.63) is 66.1 Å². The first-order valence-corrected chi connectivity index (χ1v) is 8.03. The van der Waals surface area contributed by atoms with Gasteiger partial charge in [-0.05, 0) is 44.2 Å². The number of hydrogen-bond donors (Lipinski definition) is 0. The first-order chi connectivity index (χ1) is 12.0. The molecule has 0 fully saturated rings. The number of fused-ring (bicyclic) bond motifs is 1. The van der Waals surface area contributed by atoms with Gasteiger partial charge in [-0.25, -0.2) is 4.39 Å². The van der Waals surface area contributed by atoms with E-state index in [1.54, 1.807) is 35.4 Å². The van der Waals surface area contributed by atoms with Crippen LogP contribution in [0.3, 0.4) is 0 Å². The molecule has 3 rings (SSSR count). The van der Waals surface area contributed by atoms with Crippen molar-refractivity contribution in [3.8, 4) is 5.75 Å². The number of carbonyl (C=O) groups is 1. The first-order valence-electron chi connectivity index (χ1n) is 8.03. The molecule has 0 saturated heterocycles. The SMILES string of the molecule is COc1ccc(N(C(=O)c2cccc3ncccc23)C(C)C)cc1F. The molecule has 3 aromatic rings. The molecule has 5 heteroatoms. The molecule has 0 radical (unpaired) electrons. The Bertz CT molecular complexity index is 919. The van der Waals surface area contributed by atoms with Crippen molar-refractivity contribution in [2.24, 2.45) is 0 Å². The zero-order valence-corrected chi connectivity index (χ0v) is 14.4. The second-order valence-corrected chi connectivity index (χ2v) is 5.96. The highest BCUT2D eigenvalue weighted by atomic mass is 19.1. The van der Waals surface area contributed by atoms with Gasteiger partial charge in [-0.1, -0.05) is 12.1 Å². The van der Waals surface area contributed by atoms with Crippen LogP contribution >= 0.6 is 0 Å². The minimum absolute atomic E-state index is 0.146. The number of carbonyl (C=O) groups excluding carboxylic acids is 1. The molecule has 0 N–H and O–H groups in total. The van der Waals surface area contributed by atoms with E-state index in [9.17, 15) is 9.18 Å². The number of hydrogen-bond acceptors (Lipinski definition) is 3. The van der Waals surface area contributed by atoms with Crippen LogP contribution in [0.5, 0.6) is 5.75 Å². The minimum atomic E-state index is -0.502. The quantitative estimate of drug-likeness (QED) is 0.706. The van der Waals surface area contributed by atoms with Gasteiger partial charge < -0.3 is 9.64 Å². The Kier molecular flexibility index (Phi) is 4.65. The van der Waals surface area contributed by atoms with Gasteiger partial charge in [0.05, 0.1) is 12.6 Å². The Morgan fingerprint density at radius 1 is 1.16 bits per heavy atom. The van der Waals surface area contributed by atoms with Crippen LogP contribution in [-0.2, 0) is 0 Å². The van der Waals surface area contributed by atoms with E-state index in [2.05, 4.69) is 4.98 Å². The van der Waals surface area contributed by atoms with Crippen molar-refractivity contribution in [2.45, 2.75) is 19.9 Å². The van der Waals surface area contributed by atoms with E-state index in [-0.39, 0.29) is 17.7 Å². The number of benzene rings is 2. The largest absolute Gasteiger partial charge is 0.494 e. The lowest BCUT2D eigenvalue weighted by Crippen LogP contribution is -2.37. The smallest absolute Gasteiger partial charge is 0.259 e. The molecule has 0 aliphatic carbocycles. The van der Waals surface area contributed by atoms with E-state index in [0.29, 0.717) is 11.3 Å². The molecule has 1 aromatic heterocycles. The van der Waals surface area contributed by atoms with E-state index < -0.39 is 5.82 Å². The second-order valence-electron chi connectivity index (χ2n) is 5.96. The molecule has 0 bridgehead atoms. The maximum absolute atomic E-state index is 14.1. The molecule has 4 nitrogen and oxygen atoms in total. The summed E-state index contributed by atoms with van der Waals surface area (Å²) in [5.41, 5.74) is 1.77. The van der Waals surface area contributed by atoms with Crippen LogP contribution in [-0.4, -0.2) is 24.0 Å². The number of ether oxygens (including phenoxy) is 1. The molecule has 0 atom stereocenters. The van der Waals surface area contributed by atoms with Crippen molar-refractivity contribution in [1.82, 2.24) is 4.98 Å². The summed E-state index contributed by atoms with van der Waals surface area (Å²) in [7, 11) is 1.41. The Morgan fingerprint density at radius 3 is 2.64 bits per heavy atom. The molecule has 0 aliphatic heterocycles. The van der Waals surface area contributed by atoms with E-state index in [1.807, 2.05) is 26.0 Å². The minimum Gasteiger partial charge on any atom is -0.494 e. The lowest BCUT2D eigenvalue weighted by Gasteiger charge is -2.27. The lowest BCUT2D eigenvalue weighted by atomic mass is 10.1. The number of pyridine rings is 1. The number of nitrogens with zero attached hydrogens (tertiary/aromatic N) is 2. The topological polar surface area (TPSA) is 42.4 Å². The highest BCUT2D eigenvalue weighted by Gasteiger charge is 2.23. The summed E-state index contributed by atoms with van der Waals surface area (Å²) in [6, 6.07) is 13.5. The summed E-state index contributed by atoms with van der Waals surface area (Å²) in [4.78, 5) is 19.1. The fourth-order valence-electron chi connectivity index (χ4n) is 2.87. The van der Waals surface area contributed by atoms with Crippen LogP contribution in [0.4, 0.5) is 10.1 Å². The van der Waals surface area contributed by atoms with Crippen LogP contribution in [0.15, 0.2) is 54.7 Å². The van der Waals surface area contributed by atoms with Gasteiger partial charge in [0.15, 0.2) is 11.6 Å². The van der Waals surface area contributed by atoms with E-state index >= 15 is 0 Å². The number of aromatic nitrogens is 1. The summed E-state index contributed by atoms with van der Waals surface area (Å²) >= 11 is 0. The monoisotopic (exact) mass is 338 g/mol. The maximum Gasteiger partial charge on any atom is 0.259 e. The normalized spacial score (nSPS) is 10.9. The van der Waals surface area contributed by atoms with Gasteiger partial charge in [-0.3, -0.25) is 9.78 Å². The van der Waals surface area contributed by atoms with Gasteiger partial charge in [0.2, 0.25) is 0 Å². The average molecular weight is 338 g/mol. The predicted molar refractivity (Wildman–Crippen MR) is 96.6 cm³/mol. The van der Waals surface area contributed by atoms with Crippen molar-refractivity contribution >= 4 is 22.5 Å². The van der Waals surface area contributed by atoms with Gasteiger partial charge in [0.1, 0.15) is 0 Å². The van der Waals surface area contributed by atoms with Crippen LogP contribution in [0, 0.1) is 5.82 Å². The fraction of sp³-hybridized carbons (Fsp3) is 0.200. The first kappa shape index (κ1) is 16.9. The van der Waals surface area contributed by atoms with E-state index in [0.717, 1.165) is 10.9 Å². The lowest BCUT2D eigenvalue weighted by molar-refractivity contribution is 0.0982. The van der Waals surface area contributed by atoms with Crippen LogP contribution in [0.1, 0.15) is 24.2 Å². The van der Waals surface area contributed by atoms with Gasteiger partial charge in [-0.15, -0.1) is 0 Å². The third-order valence-electron chi connectivity index (χ3n) is 4.02. The van der Waals surface area contributed by atoms with Crippen molar-refractivity contribution in [2.75, 3.05) is 12.0 Å². The summed E-state index contributed by atoms with van der Waals surface area (Å²) in [6.07, 6.45) is 1.69. The number of anilines is 1. The third kappa shape index (κ3) is 3.18.